The van der Waals surface area contributed by atoms with Crippen molar-refractivity contribution in [3.8, 4) is 45.3 Å². The lowest BCUT2D eigenvalue weighted by atomic mass is 9.64. The molecule has 0 aliphatic heterocycles. The molecule has 5 heteroatoms. The number of hydrogen-bond donors (Lipinski definition) is 4. The van der Waals surface area contributed by atoms with Gasteiger partial charge in [0.15, 0.2) is 0 Å². The van der Waals surface area contributed by atoms with Crippen molar-refractivity contribution in [2.75, 3.05) is 0 Å². The van der Waals surface area contributed by atoms with E-state index >= 15 is 0 Å². The van der Waals surface area contributed by atoms with Crippen molar-refractivity contribution in [2.24, 2.45) is 0 Å². The Balaban J connectivity index is 1.74. The molecule has 0 radical (unpaired) electrons. The third-order valence-corrected chi connectivity index (χ3v) is 8.16. The molecule has 0 fully saturated rings. The molecule has 0 aromatic heterocycles. The smallest absolute Gasteiger partial charge is 0.120 e. The molecule has 4 N–H and O–H groups in total. The van der Waals surface area contributed by atoms with Gasteiger partial charge in [0, 0.05) is 15.6 Å². The molecule has 0 heterocycles. The second-order valence-electron chi connectivity index (χ2n) is 10.2. The van der Waals surface area contributed by atoms with E-state index in [-0.39, 0.29) is 23.0 Å². The fourth-order valence-corrected chi connectivity index (χ4v) is 6.08. The molecule has 0 unspecified atom stereocenters. The van der Waals surface area contributed by atoms with Gasteiger partial charge in [0.2, 0.25) is 0 Å². The average molecular weight is 616 g/mol. The van der Waals surface area contributed by atoms with Crippen LogP contribution in [-0.4, -0.2) is 20.4 Å². The molecule has 0 atom stereocenters. The molecule has 4 nitrogen and oxygen atoms in total. The maximum atomic E-state index is 11.7. The van der Waals surface area contributed by atoms with E-state index in [0.717, 1.165) is 37.9 Å². The van der Waals surface area contributed by atoms with Gasteiger partial charge in [-0.25, -0.2) is 0 Å². The van der Waals surface area contributed by atoms with E-state index in [0.29, 0.717) is 11.1 Å². The summed E-state index contributed by atoms with van der Waals surface area (Å²) in [7, 11) is 0. The zero-order valence-electron chi connectivity index (χ0n) is 22.4. The zero-order chi connectivity index (χ0) is 29.3. The van der Waals surface area contributed by atoms with Crippen LogP contribution in [0.1, 0.15) is 22.3 Å². The van der Waals surface area contributed by atoms with E-state index in [1.807, 2.05) is 103 Å². The van der Waals surface area contributed by atoms with Crippen molar-refractivity contribution in [3.05, 3.63) is 166 Å². The van der Waals surface area contributed by atoms with Gasteiger partial charge in [-0.3, -0.25) is 0 Å². The van der Waals surface area contributed by atoms with Gasteiger partial charge < -0.3 is 20.4 Å². The van der Waals surface area contributed by atoms with E-state index in [1.165, 1.54) is 0 Å². The summed E-state index contributed by atoms with van der Waals surface area (Å²) < 4.78 is 0.851. The predicted octanol–water partition coefficient (Wildman–Crippen LogP) is 8.99. The van der Waals surface area contributed by atoms with Crippen molar-refractivity contribution in [2.45, 2.75) is 5.41 Å². The zero-order valence-corrected chi connectivity index (χ0v) is 24.0. The van der Waals surface area contributed by atoms with Crippen molar-refractivity contribution < 1.29 is 20.4 Å². The van der Waals surface area contributed by atoms with Crippen molar-refractivity contribution in [1.29, 1.82) is 0 Å². The third kappa shape index (κ3) is 4.89. The van der Waals surface area contributed by atoms with Gasteiger partial charge >= 0.3 is 0 Å². The molecule has 42 heavy (non-hydrogen) atoms. The minimum atomic E-state index is -1.15. The van der Waals surface area contributed by atoms with Gasteiger partial charge in [-0.15, -0.1) is 0 Å². The van der Waals surface area contributed by atoms with Gasteiger partial charge in [-0.1, -0.05) is 94.8 Å². The Bertz CT molecular complexity index is 1770. The summed E-state index contributed by atoms with van der Waals surface area (Å²) in [4.78, 5) is 0. The fraction of sp³-hybridized carbons (Fsp3) is 0.0270. The van der Waals surface area contributed by atoms with Gasteiger partial charge in [-0.2, -0.15) is 0 Å². The van der Waals surface area contributed by atoms with Crippen LogP contribution in [0.15, 0.2) is 144 Å². The van der Waals surface area contributed by atoms with Crippen molar-refractivity contribution in [1.82, 2.24) is 0 Å². The Morgan fingerprint density at radius 2 is 0.857 bits per heavy atom. The van der Waals surface area contributed by atoms with Crippen LogP contribution < -0.4 is 0 Å². The van der Waals surface area contributed by atoms with Crippen molar-refractivity contribution >= 4 is 15.9 Å². The van der Waals surface area contributed by atoms with Gasteiger partial charge in [0.1, 0.15) is 23.0 Å². The topological polar surface area (TPSA) is 80.9 Å². The third-order valence-electron chi connectivity index (χ3n) is 7.67. The number of rotatable bonds is 6. The van der Waals surface area contributed by atoms with E-state index in [1.54, 1.807) is 36.4 Å². The molecular weight excluding hydrogens is 588 g/mol. The van der Waals surface area contributed by atoms with Crippen molar-refractivity contribution in [3.63, 3.8) is 0 Å². The summed E-state index contributed by atoms with van der Waals surface area (Å²) in [5.74, 6) is 0.467. The number of benzene rings is 6. The Labute approximate surface area is 252 Å². The number of phenolic OH excluding ortho intramolecular Hbond substituents is 4. The molecular formula is C37H27BrO4. The summed E-state index contributed by atoms with van der Waals surface area (Å²) in [6.07, 6.45) is 0. The van der Waals surface area contributed by atoms with Crippen LogP contribution in [0.2, 0.25) is 0 Å². The predicted molar refractivity (Wildman–Crippen MR) is 170 cm³/mol. The van der Waals surface area contributed by atoms with E-state index in [9.17, 15) is 20.4 Å². The molecule has 206 valence electrons. The highest BCUT2D eigenvalue weighted by Crippen LogP contribution is 2.52. The van der Waals surface area contributed by atoms with Crippen LogP contribution in [-0.2, 0) is 5.41 Å². The molecule has 0 saturated heterocycles. The van der Waals surface area contributed by atoms with Crippen LogP contribution in [0.3, 0.4) is 0 Å². The van der Waals surface area contributed by atoms with Crippen LogP contribution in [0, 0.1) is 0 Å². The second kappa shape index (κ2) is 11.1. The minimum absolute atomic E-state index is 0.0655. The molecule has 0 spiro atoms. The fourth-order valence-electron chi connectivity index (χ4n) is 5.68. The number of phenols is 4. The summed E-state index contributed by atoms with van der Waals surface area (Å²) in [6, 6.07) is 42.5. The van der Waals surface area contributed by atoms with E-state index in [4.69, 9.17) is 0 Å². The summed E-state index contributed by atoms with van der Waals surface area (Å²) in [5, 5.41) is 43.1. The average Bonchev–Trinajstić information content (AvgIpc) is 3.01. The Kier molecular flexibility index (Phi) is 7.19. The summed E-state index contributed by atoms with van der Waals surface area (Å²) in [5.41, 5.74) is 5.10. The highest BCUT2D eigenvalue weighted by Gasteiger charge is 2.42. The van der Waals surface area contributed by atoms with E-state index in [2.05, 4.69) is 15.9 Å². The summed E-state index contributed by atoms with van der Waals surface area (Å²) in [6.45, 7) is 0. The Morgan fingerprint density at radius 3 is 1.33 bits per heavy atom. The molecule has 0 bridgehead atoms. The van der Waals surface area contributed by atoms with Gasteiger partial charge in [0.25, 0.3) is 0 Å². The first kappa shape index (κ1) is 27.2. The Morgan fingerprint density at radius 1 is 0.405 bits per heavy atom. The molecule has 6 aromatic rings. The van der Waals surface area contributed by atoms with Crippen LogP contribution in [0.4, 0.5) is 0 Å². The lowest BCUT2D eigenvalue weighted by Gasteiger charge is -2.38. The summed E-state index contributed by atoms with van der Waals surface area (Å²) >= 11 is 3.65. The first-order chi connectivity index (χ1) is 20.4. The highest BCUT2D eigenvalue weighted by molar-refractivity contribution is 9.10. The largest absolute Gasteiger partial charge is 0.508 e. The van der Waals surface area contributed by atoms with Crippen LogP contribution in [0.25, 0.3) is 22.3 Å². The minimum Gasteiger partial charge on any atom is -0.508 e. The monoisotopic (exact) mass is 614 g/mol. The molecule has 6 rings (SSSR count). The first-order valence-electron chi connectivity index (χ1n) is 13.4. The molecule has 0 aliphatic carbocycles. The van der Waals surface area contributed by atoms with E-state index < -0.39 is 5.41 Å². The normalized spacial score (nSPS) is 11.4. The van der Waals surface area contributed by atoms with Crippen LogP contribution >= 0.6 is 15.9 Å². The molecule has 0 amide bonds. The second-order valence-corrected chi connectivity index (χ2v) is 11.1. The standard InChI is InChI=1S/C37H27BrO4/c38-30-8-4-7-29(23-30)37(28-5-2-1-3-6-28,33-21-26(13-19-35(33)41)24-9-15-31(39)16-10-24)34-22-27(14-20-36(34)42)25-11-17-32(40)18-12-25/h1-23,39-42H. The number of hydrogen-bond acceptors (Lipinski definition) is 4. The maximum absolute atomic E-state index is 11.7. The van der Waals surface area contributed by atoms with Crippen LogP contribution in [0.5, 0.6) is 23.0 Å². The molecule has 0 aliphatic rings. The first-order valence-corrected chi connectivity index (χ1v) is 14.2. The van der Waals surface area contributed by atoms with Gasteiger partial charge in [0.05, 0.1) is 5.41 Å². The van der Waals surface area contributed by atoms with Gasteiger partial charge in [-0.05, 0) is 94.0 Å². The number of halogens is 1. The SMILES string of the molecule is Oc1ccc(-c2ccc(O)c(C(c3ccccc3)(c3cccc(Br)c3)c3cc(-c4ccc(O)cc4)ccc3O)c2)cc1. The Hall–Kier alpha value is -5.00. The molecule has 0 saturated carbocycles. The lowest BCUT2D eigenvalue weighted by molar-refractivity contribution is 0.447. The number of aromatic hydroxyl groups is 4. The maximum Gasteiger partial charge on any atom is 0.120 e. The lowest BCUT2D eigenvalue weighted by Crippen LogP contribution is -2.31. The highest BCUT2D eigenvalue weighted by atomic mass is 79.9. The molecule has 6 aromatic carbocycles. The quantitative estimate of drug-likeness (QED) is 0.141.